The van der Waals surface area contributed by atoms with Crippen LogP contribution in [0.25, 0.3) is 0 Å². The van der Waals surface area contributed by atoms with E-state index in [2.05, 4.69) is 0 Å². The summed E-state index contributed by atoms with van der Waals surface area (Å²) in [6.45, 7) is 0. The molecule has 0 aliphatic carbocycles. The lowest BCUT2D eigenvalue weighted by Gasteiger charge is -2.08. The molecule has 0 heterocycles. The van der Waals surface area contributed by atoms with Gasteiger partial charge in [0.1, 0.15) is 6.07 Å². The van der Waals surface area contributed by atoms with Gasteiger partial charge in [0.25, 0.3) is 0 Å². The Morgan fingerprint density at radius 2 is 1.95 bits per heavy atom. The molecule has 0 aromatic heterocycles. The number of nitrogens with zero attached hydrogens (tertiary/aromatic N) is 1. The summed E-state index contributed by atoms with van der Waals surface area (Å²) in [6, 6.07) is 13.1. The topological polar surface area (TPSA) is 70.3 Å². The number of phenolic OH excluding ortho intramolecular Hbond substituents is 1. The van der Waals surface area contributed by atoms with E-state index in [4.69, 9.17) is 10.00 Å². The Bertz CT molecular complexity index is 657. The van der Waals surface area contributed by atoms with E-state index < -0.39 is 0 Å². The van der Waals surface area contributed by atoms with E-state index in [-0.39, 0.29) is 28.4 Å². The molecule has 19 heavy (non-hydrogen) atoms. The summed E-state index contributed by atoms with van der Waals surface area (Å²) in [6.07, 6.45) is 0. The van der Waals surface area contributed by atoms with Gasteiger partial charge in [-0.05, 0) is 6.07 Å². The SMILES string of the molecule is COc1cc(C#N)c(C(=O)c2ccccc2)cc1O. The predicted octanol–water partition coefficient (Wildman–Crippen LogP) is 2.50. The zero-order valence-electron chi connectivity index (χ0n) is 10.3. The monoisotopic (exact) mass is 253 g/mol. The number of ketones is 1. The van der Waals surface area contributed by atoms with E-state index in [9.17, 15) is 9.90 Å². The number of benzene rings is 2. The number of phenols is 1. The van der Waals surface area contributed by atoms with Crippen LogP contribution in [0.15, 0.2) is 42.5 Å². The molecule has 94 valence electrons. The molecule has 0 saturated carbocycles. The van der Waals surface area contributed by atoms with Crippen LogP contribution in [0.4, 0.5) is 0 Å². The molecule has 4 heteroatoms. The first-order valence-electron chi connectivity index (χ1n) is 5.58. The Morgan fingerprint density at radius 1 is 1.26 bits per heavy atom. The van der Waals surface area contributed by atoms with E-state index in [1.54, 1.807) is 30.3 Å². The van der Waals surface area contributed by atoms with Crippen LogP contribution >= 0.6 is 0 Å². The van der Waals surface area contributed by atoms with Gasteiger partial charge in [0, 0.05) is 17.2 Å². The lowest BCUT2D eigenvalue weighted by atomic mass is 9.98. The Hall–Kier alpha value is -2.80. The normalized spacial score (nSPS) is 9.68. The fourth-order valence-electron chi connectivity index (χ4n) is 1.76. The van der Waals surface area contributed by atoms with Gasteiger partial charge >= 0.3 is 0 Å². The fraction of sp³-hybridized carbons (Fsp3) is 0.0667. The molecule has 0 fully saturated rings. The van der Waals surface area contributed by atoms with Crippen molar-refractivity contribution in [2.45, 2.75) is 0 Å². The molecule has 0 aliphatic heterocycles. The Labute approximate surface area is 110 Å². The minimum atomic E-state index is -0.310. The van der Waals surface area contributed by atoms with Crippen LogP contribution in [0.1, 0.15) is 21.5 Å². The van der Waals surface area contributed by atoms with Crippen molar-refractivity contribution < 1.29 is 14.6 Å². The van der Waals surface area contributed by atoms with Crippen molar-refractivity contribution in [3.05, 3.63) is 59.2 Å². The minimum Gasteiger partial charge on any atom is -0.504 e. The molecule has 0 saturated heterocycles. The molecule has 1 N–H and O–H groups in total. The Kier molecular flexibility index (Phi) is 3.48. The molecule has 0 spiro atoms. The molecule has 2 aromatic rings. The highest BCUT2D eigenvalue weighted by molar-refractivity contribution is 6.10. The summed E-state index contributed by atoms with van der Waals surface area (Å²) in [5.74, 6) is -0.308. The van der Waals surface area contributed by atoms with Crippen molar-refractivity contribution in [1.29, 1.82) is 5.26 Å². The second-order valence-corrected chi connectivity index (χ2v) is 3.88. The number of carbonyl (C=O) groups is 1. The summed E-state index contributed by atoms with van der Waals surface area (Å²) in [5.41, 5.74) is 0.791. The lowest BCUT2D eigenvalue weighted by Crippen LogP contribution is -2.04. The Morgan fingerprint density at radius 3 is 2.53 bits per heavy atom. The number of ether oxygens (including phenoxy) is 1. The molecular weight excluding hydrogens is 242 g/mol. The maximum atomic E-state index is 12.3. The standard InChI is InChI=1S/C15H11NO3/c1-19-14-7-11(9-16)12(8-13(14)17)15(18)10-5-3-2-4-6-10/h2-8,17H,1H3. The summed E-state index contributed by atoms with van der Waals surface area (Å²) in [4.78, 5) is 12.3. The van der Waals surface area contributed by atoms with Gasteiger partial charge in [-0.3, -0.25) is 4.79 Å². The highest BCUT2D eigenvalue weighted by Crippen LogP contribution is 2.30. The number of carbonyl (C=O) groups excluding carboxylic acids is 1. The molecule has 2 aromatic carbocycles. The Balaban J connectivity index is 2.54. The van der Waals surface area contributed by atoms with Crippen molar-refractivity contribution in [3.8, 4) is 17.6 Å². The van der Waals surface area contributed by atoms with Crippen LogP contribution in [0.2, 0.25) is 0 Å². The largest absolute Gasteiger partial charge is 0.504 e. The van der Waals surface area contributed by atoms with Gasteiger partial charge in [-0.15, -0.1) is 0 Å². The predicted molar refractivity (Wildman–Crippen MR) is 69.2 cm³/mol. The lowest BCUT2D eigenvalue weighted by molar-refractivity contribution is 0.103. The van der Waals surface area contributed by atoms with E-state index in [1.165, 1.54) is 19.2 Å². The minimum absolute atomic E-state index is 0.159. The first-order valence-corrected chi connectivity index (χ1v) is 5.58. The van der Waals surface area contributed by atoms with Crippen LogP contribution in [-0.2, 0) is 0 Å². The van der Waals surface area contributed by atoms with Crippen LogP contribution in [0, 0.1) is 11.3 Å². The van der Waals surface area contributed by atoms with Gasteiger partial charge in [-0.2, -0.15) is 5.26 Å². The fourth-order valence-corrected chi connectivity index (χ4v) is 1.76. The molecular formula is C15H11NO3. The second kappa shape index (κ2) is 5.23. The van der Waals surface area contributed by atoms with Gasteiger partial charge in [0.2, 0.25) is 0 Å². The van der Waals surface area contributed by atoms with Crippen LogP contribution in [0.3, 0.4) is 0 Å². The molecule has 0 unspecified atom stereocenters. The summed E-state index contributed by atoms with van der Waals surface area (Å²) < 4.78 is 4.92. The highest BCUT2D eigenvalue weighted by Gasteiger charge is 2.17. The zero-order chi connectivity index (χ0) is 13.8. The first kappa shape index (κ1) is 12.7. The van der Waals surface area contributed by atoms with Gasteiger partial charge in [-0.1, -0.05) is 30.3 Å². The van der Waals surface area contributed by atoms with Gasteiger partial charge in [0.05, 0.1) is 12.7 Å². The average Bonchev–Trinajstić information content (AvgIpc) is 2.47. The van der Waals surface area contributed by atoms with Crippen molar-refractivity contribution in [1.82, 2.24) is 0 Å². The number of rotatable bonds is 3. The number of aromatic hydroxyl groups is 1. The summed E-state index contributed by atoms with van der Waals surface area (Å²) in [5, 5.41) is 18.8. The van der Waals surface area contributed by atoms with E-state index in [1.807, 2.05) is 6.07 Å². The summed E-state index contributed by atoms with van der Waals surface area (Å²) in [7, 11) is 1.38. The molecule has 0 atom stereocenters. The number of methoxy groups -OCH3 is 1. The number of hydrogen-bond acceptors (Lipinski definition) is 4. The number of nitriles is 1. The number of hydrogen-bond donors (Lipinski definition) is 1. The third-order valence-corrected chi connectivity index (χ3v) is 2.72. The highest BCUT2D eigenvalue weighted by atomic mass is 16.5. The maximum absolute atomic E-state index is 12.3. The zero-order valence-corrected chi connectivity index (χ0v) is 10.3. The van der Waals surface area contributed by atoms with E-state index in [0.29, 0.717) is 5.56 Å². The van der Waals surface area contributed by atoms with E-state index in [0.717, 1.165) is 0 Å². The van der Waals surface area contributed by atoms with Crippen LogP contribution in [-0.4, -0.2) is 18.0 Å². The van der Waals surface area contributed by atoms with Gasteiger partial charge in [0.15, 0.2) is 17.3 Å². The summed E-state index contributed by atoms with van der Waals surface area (Å²) >= 11 is 0. The molecule has 0 bridgehead atoms. The molecule has 0 amide bonds. The smallest absolute Gasteiger partial charge is 0.194 e. The van der Waals surface area contributed by atoms with Crippen molar-refractivity contribution in [3.63, 3.8) is 0 Å². The maximum Gasteiger partial charge on any atom is 0.194 e. The first-order chi connectivity index (χ1) is 9.17. The van der Waals surface area contributed by atoms with Gasteiger partial charge in [-0.25, -0.2) is 0 Å². The van der Waals surface area contributed by atoms with E-state index >= 15 is 0 Å². The van der Waals surface area contributed by atoms with Crippen LogP contribution < -0.4 is 4.74 Å². The third kappa shape index (κ3) is 2.40. The molecule has 2 rings (SSSR count). The quantitative estimate of drug-likeness (QED) is 0.853. The van der Waals surface area contributed by atoms with Crippen molar-refractivity contribution in [2.75, 3.05) is 7.11 Å². The van der Waals surface area contributed by atoms with Crippen LogP contribution in [0.5, 0.6) is 11.5 Å². The van der Waals surface area contributed by atoms with Gasteiger partial charge < -0.3 is 9.84 Å². The van der Waals surface area contributed by atoms with Crippen molar-refractivity contribution >= 4 is 5.78 Å². The average molecular weight is 253 g/mol. The molecule has 0 radical (unpaired) electrons. The van der Waals surface area contributed by atoms with Crippen molar-refractivity contribution in [2.24, 2.45) is 0 Å². The molecule has 4 nitrogen and oxygen atoms in total. The second-order valence-electron chi connectivity index (χ2n) is 3.88. The molecule has 0 aliphatic rings. The third-order valence-electron chi connectivity index (χ3n) is 2.72.